The molecule has 2 aliphatic rings. The molecular formula is C14H23NO4. The van der Waals surface area contributed by atoms with Crippen molar-refractivity contribution in [3.63, 3.8) is 0 Å². The molecule has 2 unspecified atom stereocenters. The molecule has 0 aromatic carbocycles. The van der Waals surface area contributed by atoms with Gasteiger partial charge in [-0.15, -0.1) is 0 Å². The number of carbonyl (C=O) groups excluding carboxylic acids is 1. The highest BCUT2D eigenvalue weighted by Crippen LogP contribution is 2.30. The van der Waals surface area contributed by atoms with Gasteiger partial charge in [0.25, 0.3) is 0 Å². The first-order valence-electron chi connectivity index (χ1n) is 7.26. The molecule has 1 heterocycles. The fourth-order valence-corrected chi connectivity index (χ4v) is 3.07. The van der Waals surface area contributed by atoms with Gasteiger partial charge in [0, 0.05) is 19.8 Å². The number of carboxylic acids is 1. The average molecular weight is 269 g/mol. The normalized spacial score (nSPS) is 28.8. The van der Waals surface area contributed by atoms with Crippen molar-refractivity contribution in [1.29, 1.82) is 0 Å². The van der Waals surface area contributed by atoms with Crippen LogP contribution in [0.3, 0.4) is 0 Å². The molecule has 0 bridgehead atoms. The lowest BCUT2D eigenvalue weighted by Gasteiger charge is -2.29. The summed E-state index contributed by atoms with van der Waals surface area (Å²) in [5.74, 6) is -1.26. The van der Waals surface area contributed by atoms with Crippen molar-refractivity contribution < 1.29 is 19.4 Å². The Morgan fingerprint density at radius 3 is 2.32 bits per heavy atom. The topological polar surface area (TPSA) is 75.6 Å². The molecule has 1 saturated heterocycles. The summed E-state index contributed by atoms with van der Waals surface area (Å²) in [6.07, 6.45) is 5.17. The molecule has 19 heavy (non-hydrogen) atoms. The molecule has 2 atom stereocenters. The average Bonchev–Trinajstić information content (AvgIpc) is 2.46. The SMILES string of the molecule is O=C(O)C1CCCCC1C(=O)NCC1CCOCC1. The van der Waals surface area contributed by atoms with Gasteiger partial charge in [0.2, 0.25) is 5.91 Å². The standard InChI is InChI=1S/C14H23NO4/c16-13(15-9-10-5-7-19-8-6-10)11-3-1-2-4-12(11)14(17)18/h10-12H,1-9H2,(H,15,16)(H,17,18). The molecule has 1 saturated carbocycles. The first-order valence-corrected chi connectivity index (χ1v) is 7.26. The van der Waals surface area contributed by atoms with Crippen LogP contribution in [0.15, 0.2) is 0 Å². The maximum atomic E-state index is 12.1. The summed E-state index contributed by atoms with van der Waals surface area (Å²) in [7, 11) is 0. The molecule has 108 valence electrons. The predicted molar refractivity (Wildman–Crippen MR) is 69.6 cm³/mol. The first kappa shape index (κ1) is 14.3. The molecule has 2 rings (SSSR count). The molecule has 2 fully saturated rings. The smallest absolute Gasteiger partial charge is 0.307 e. The Kier molecular flexibility index (Phi) is 5.19. The van der Waals surface area contributed by atoms with E-state index in [0.717, 1.165) is 38.9 Å². The van der Waals surface area contributed by atoms with Gasteiger partial charge in [-0.2, -0.15) is 0 Å². The molecule has 1 aliphatic heterocycles. The van der Waals surface area contributed by atoms with Crippen molar-refractivity contribution in [3.8, 4) is 0 Å². The highest BCUT2D eigenvalue weighted by Gasteiger charge is 2.35. The van der Waals surface area contributed by atoms with Crippen LogP contribution in [0.25, 0.3) is 0 Å². The third-order valence-corrected chi connectivity index (χ3v) is 4.33. The van der Waals surface area contributed by atoms with Crippen molar-refractivity contribution in [3.05, 3.63) is 0 Å². The molecule has 5 heteroatoms. The van der Waals surface area contributed by atoms with Crippen LogP contribution in [0.5, 0.6) is 0 Å². The second-order valence-electron chi connectivity index (χ2n) is 5.64. The van der Waals surface area contributed by atoms with Crippen LogP contribution in [-0.4, -0.2) is 36.7 Å². The molecule has 2 N–H and O–H groups in total. The van der Waals surface area contributed by atoms with E-state index in [1.807, 2.05) is 0 Å². The van der Waals surface area contributed by atoms with Crippen molar-refractivity contribution >= 4 is 11.9 Å². The largest absolute Gasteiger partial charge is 0.481 e. The Labute approximate surface area is 113 Å². The number of ether oxygens (including phenoxy) is 1. The highest BCUT2D eigenvalue weighted by molar-refractivity contribution is 5.84. The Balaban J connectivity index is 1.81. The lowest BCUT2D eigenvalue weighted by Crippen LogP contribution is -2.42. The van der Waals surface area contributed by atoms with Gasteiger partial charge in [-0.1, -0.05) is 12.8 Å². The van der Waals surface area contributed by atoms with E-state index in [9.17, 15) is 14.7 Å². The molecular weight excluding hydrogens is 246 g/mol. The first-order chi connectivity index (χ1) is 9.18. The van der Waals surface area contributed by atoms with Gasteiger partial charge in [-0.25, -0.2) is 0 Å². The number of hydrogen-bond donors (Lipinski definition) is 2. The Hall–Kier alpha value is -1.10. The van der Waals surface area contributed by atoms with Crippen LogP contribution in [0, 0.1) is 17.8 Å². The van der Waals surface area contributed by atoms with Crippen LogP contribution < -0.4 is 5.32 Å². The van der Waals surface area contributed by atoms with Crippen LogP contribution in [0.2, 0.25) is 0 Å². The van der Waals surface area contributed by atoms with E-state index in [1.54, 1.807) is 0 Å². The Morgan fingerprint density at radius 2 is 1.68 bits per heavy atom. The maximum absolute atomic E-state index is 12.1. The number of hydrogen-bond acceptors (Lipinski definition) is 3. The third kappa shape index (κ3) is 3.93. The number of nitrogens with one attached hydrogen (secondary N) is 1. The van der Waals surface area contributed by atoms with Crippen LogP contribution >= 0.6 is 0 Å². The van der Waals surface area contributed by atoms with Gasteiger partial charge in [0.1, 0.15) is 0 Å². The second kappa shape index (κ2) is 6.89. The van der Waals surface area contributed by atoms with Gasteiger partial charge in [-0.3, -0.25) is 9.59 Å². The van der Waals surface area contributed by atoms with E-state index in [2.05, 4.69) is 5.32 Å². The lowest BCUT2D eigenvalue weighted by atomic mass is 9.78. The number of rotatable bonds is 4. The van der Waals surface area contributed by atoms with Gasteiger partial charge >= 0.3 is 5.97 Å². The van der Waals surface area contributed by atoms with E-state index in [-0.39, 0.29) is 11.8 Å². The van der Waals surface area contributed by atoms with Crippen LogP contribution in [0.1, 0.15) is 38.5 Å². The zero-order valence-corrected chi connectivity index (χ0v) is 11.3. The summed E-state index contributed by atoms with van der Waals surface area (Å²) in [6, 6.07) is 0. The van der Waals surface area contributed by atoms with E-state index in [4.69, 9.17) is 4.74 Å². The van der Waals surface area contributed by atoms with Crippen LogP contribution in [0.4, 0.5) is 0 Å². The van der Waals surface area contributed by atoms with E-state index < -0.39 is 11.9 Å². The lowest BCUT2D eigenvalue weighted by molar-refractivity contribution is -0.149. The fourth-order valence-electron chi connectivity index (χ4n) is 3.07. The molecule has 0 spiro atoms. The molecule has 0 aromatic rings. The zero-order valence-electron chi connectivity index (χ0n) is 11.3. The van der Waals surface area contributed by atoms with Gasteiger partial charge < -0.3 is 15.2 Å². The highest BCUT2D eigenvalue weighted by atomic mass is 16.5. The van der Waals surface area contributed by atoms with E-state index in [0.29, 0.717) is 25.3 Å². The van der Waals surface area contributed by atoms with E-state index >= 15 is 0 Å². The monoisotopic (exact) mass is 269 g/mol. The summed E-state index contributed by atoms with van der Waals surface area (Å²) in [4.78, 5) is 23.3. The van der Waals surface area contributed by atoms with Crippen molar-refractivity contribution in [1.82, 2.24) is 5.32 Å². The van der Waals surface area contributed by atoms with Gasteiger partial charge in [0.05, 0.1) is 11.8 Å². The minimum absolute atomic E-state index is 0.0707. The maximum Gasteiger partial charge on any atom is 0.307 e. The van der Waals surface area contributed by atoms with Gasteiger partial charge in [-0.05, 0) is 31.6 Å². The summed E-state index contributed by atoms with van der Waals surface area (Å²) >= 11 is 0. The number of carboxylic acid groups (broad SMARTS) is 1. The Bertz CT molecular complexity index is 325. The fraction of sp³-hybridized carbons (Fsp3) is 0.857. The van der Waals surface area contributed by atoms with Crippen LogP contribution in [-0.2, 0) is 14.3 Å². The third-order valence-electron chi connectivity index (χ3n) is 4.33. The molecule has 5 nitrogen and oxygen atoms in total. The Morgan fingerprint density at radius 1 is 1.05 bits per heavy atom. The van der Waals surface area contributed by atoms with E-state index in [1.165, 1.54) is 0 Å². The summed E-state index contributed by atoms with van der Waals surface area (Å²) in [5.41, 5.74) is 0. The summed E-state index contributed by atoms with van der Waals surface area (Å²) < 4.78 is 5.28. The van der Waals surface area contributed by atoms with Crippen molar-refractivity contribution in [2.75, 3.05) is 19.8 Å². The zero-order chi connectivity index (χ0) is 13.7. The predicted octanol–water partition coefficient (Wildman–Crippen LogP) is 1.42. The number of aliphatic carboxylic acids is 1. The number of amides is 1. The van der Waals surface area contributed by atoms with Crippen molar-refractivity contribution in [2.24, 2.45) is 17.8 Å². The number of carbonyl (C=O) groups is 2. The second-order valence-corrected chi connectivity index (χ2v) is 5.64. The molecule has 0 aromatic heterocycles. The molecule has 1 aliphatic carbocycles. The summed E-state index contributed by atoms with van der Waals surface area (Å²) in [5, 5.41) is 12.1. The molecule has 1 amide bonds. The minimum Gasteiger partial charge on any atom is -0.481 e. The minimum atomic E-state index is -0.828. The summed E-state index contributed by atoms with van der Waals surface area (Å²) in [6.45, 7) is 2.19. The van der Waals surface area contributed by atoms with Gasteiger partial charge in [0.15, 0.2) is 0 Å². The molecule has 0 radical (unpaired) electrons. The quantitative estimate of drug-likeness (QED) is 0.809. The van der Waals surface area contributed by atoms with Crippen molar-refractivity contribution in [2.45, 2.75) is 38.5 Å².